The zero-order valence-electron chi connectivity index (χ0n) is 9.04. The minimum absolute atomic E-state index is 0.0248. The summed E-state index contributed by atoms with van der Waals surface area (Å²) in [6.45, 7) is 4.34. The van der Waals surface area contributed by atoms with Gasteiger partial charge >= 0.3 is 0 Å². The van der Waals surface area contributed by atoms with Crippen molar-refractivity contribution in [3.8, 4) is 0 Å². The third-order valence-corrected chi connectivity index (χ3v) is 3.09. The van der Waals surface area contributed by atoms with Gasteiger partial charge in [-0.05, 0) is 25.7 Å². The molecule has 1 aliphatic rings. The lowest BCUT2D eigenvalue weighted by molar-refractivity contribution is -0.127. The summed E-state index contributed by atoms with van der Waals surface area (Å²) in [5.74, 6) is 0.0887. The number of carbonyl (C=O) groups is 1. The molecule has 0 saturated heterocycles. The Labute approximate surface area is 90.5 Å². The first-order chi connectivity index (χ1) is 7.11. The molecule has 4 N–H and O–H groups in total. The van der Waals surface area contributed by atoms with Crippen molar-refractivity contribution in [3.05, 3.63) is 12.7 Å². The zero-order valence-corrected chi connectivity index (χ0v) is 9.04. The monoisotopic (exact) mass is 212 g/mol. The summed E-state index contributed by atoms with van der Waals surface area (Å²) >= 11 is 0. The van der Waals surface area contributed by atoms with Crippen molar-refractivity contribution in [3.63, 3.8) is 0 Å². The first kappa shape index (κ1) is 12.2. The normalized spacial score (nSPS) is 30.9. The van der Waals surface area contributed by atoms with Gasteiger partial charge in [0.25, 0.3) is 0 Å². The molecule has 1 rings (SSSR count). The Morgan fingerprint density at radius 3 is 2.67 bits per heavy atom. The first-order valence-corrected chi connectivity index (χ1v) is 5.42. The predicted molar refractivity (Wildman–Crippen MR) is 59.2 cm³/mol. The van der Waals surface area contributed by atoms with Crippen LogP contribution in [0.4, 0.5) is 0 Å². The van der Waals surface area contributed by atoms with E-state index in [9.17, 15) is 9.90 Å². The van der Waals surface area contributed by atoms with E-state index in [1.54, 1.807) is 6.08 Å². The van der Waals surface area contributed by atoms with Crippen LogP contribution in [0.15, 0.2) is 12.7 Å². The molecule has 0 aromatic carbocycles. The molecule has 4 nitrogen and oxygen atoms in total. The van der Waals surface area contributed by atoms with Crippen LogP contribution >= 0.6 is 0 Å². The zero-order chi connectivity index (χ0) is 11.3. The highest BCUT2D eigenvalue weighted by Gasteiger charge is 2.34. The van der Waals surface area contributed by atoms with Gasteiger partial charge in [0, 0.05) is 19.0 Å². The van der Waals surface area contributed by atoms with E-state index in [1.165, 1.54) is 0 Å². The highest BCUT2D eigenvalue weighted by molar-refractivity contribution is 5.78. The topological polar surface area (TPSA) is 75.3 Å². The van der Waals surface area contributed by atoms with Crippen molar-refractivity contribution in [2.75, 3.05) is 13.1 Å². The molecule has 0 aromatic heterocycles. The largest absolute Gasteiger partial charge is 0.389 e. The van der Waals surface area contributed by atoms with Crippen molar-refractivity contribution in [1.29, 1.82) is 0 Å². The fraction of sp³-hybridized carbons (Fsp3) is 0.727. The molecule has 1 amide bonds. The smallest absolute Gasteiger partial charge is 0.223 e. The van der Waals surface area contributed by atoms with Gasteiger partial charge in [-0.1, -0.05) is 6.08 Å². The summed E-state index contributed by atoms with van der Waals surface area (Å²) in [6, 6.07) is 0. The van der Waals surface area contributed by atoms with Gasteiger partial charge in [-0.2, -0.15) is 0 Å². The fourth-order valence-corrected chi connectivity index (χ4v) is 1.94. The molecule has 0 radical (unpaired) electrons. The number of nitrogens with one attached hydrogen (secondary N) is 1. The Kier molecular flexibility index (Phi) is 4.29. The lowest BCUT2D eigenvalue weighted by atomic mass is 9.78. The molecule has 0 atom stereocenters. The van der Waals surface area contributed by atoms with Crippen LogP contribution in [0.1, 0.15) is 25.7 Å². The highest BCUT2D eigenvalue weighted by atomic mass is 16.3. The molecule has 0 aromatic rings. The maximum absolute atomic E-state index is 11.6. The van der Waals surface area contributed by atoms with Crippen molar-refractivity contribution >= 4 is 5.91 Å². The van der Waals surface area contributed by atoms with E-state index in [0.717, 1.165) is 12.8 Å². The number of hydrogen-bond donors (Lipinski definition) is 3. The fourth-order valence-electron chi connectivity index (χ4n) is 1.94. The van der Waals surface area contributed by atoms with E-state index in [0.29, 0.717) is 19.4 Å². The van der Waals surface area contributed by atoms with E-state index >= 15 is 0 Å². The second-order valence-corrected chi connectivity index (χ2v) is 4.24. The number of amides is 1. The van der Waals surface area contributed by atoms with Gasteiger partial charge in [0.15, 0.2) is 0 Å². The average molecular weight is 212 g/mol. The molecule has 0 bridgehead atoms. The summed E-state index contributed by atoms with van der Waals surface area (Å²) in [7, 11) is 0. The van der Waals surface area contributed by atoms with Gasteiger partial charge in [0.2, 0.25) is 5.91 Å². The average Bonchev–Trinajstić information content (AvgIpc) is 2.27. The first-order valence-electron chi connectivity index (χ1n) is 5.42. The molecule has 15 heavy (non-hydrogen) atoms. The van der Waals surface area contributed by atoms with E-state index < -0.39 is 5.60 Å². The summed E-state index contributed by atoms with van der Waals surface area (Å²) in [4.78, 5) is 11.6. The summed E-state index contributed by atoms with van der Waals surface area (Å²) in [6.07, 6.45) is 4.34. The van der Waals surface area contributed by atoms with Crippen LogP contribution in [0.2, 0.25) is 0 Å². The van der Waals surface area contributed by atoms with Crippen molar-refractivity contribution in [2.45, 2.75) is 31.3 Å². The van der Waals surface area contributed by atoms with E-state index in [2.05, 4.69) is 11.9 Å². The van der Waals surface area contributed by atoms with Gasteiger partial charge in [-0.3, -0.25) is 4.79 Å². The van der Waals surface area contributed by atoms with Gasteiger partial charge < -0.3 is 16.2 Å². The van der Waals surface area contributed by atoms with E-state index in [-0.39, 0.29) is 18.4 Å². The van der Waals surface area contributed by atoms with Gasteiger partial charge in [-0.25, -0.2) is 0 Å². The van der Waals surface area contributed by atoms with Crippen LogP contribution in [0, 0.1) is 5.92 Å². The minimum atomic E-state index is -0.741. The molecular formula is C11H20N2O2. The molecule has 1 aliphatic carbocycles. The van der Waals surface area contributed by atoms with Crippen LogP contribution in [0.5, 0.6) is 0 Å². The van der Waals surface area contributed by atoms with Crippen molar-refractivity contribution in [1.82, 2.24) is 5.32 Å². The Morgan fingerprint density at radius 2 is 2.20 bits per heavy atom. The molecule has 1 fully saturated rings. The number of rotatable bonds is 4. The molecule has 86 valence electrons. The summed E-state index contributed by atoms with van der Waals surface area (Å²) in [5, 5.41) is 12.7. The van der Waals surface area contributed by atoms with Crippen LogP contribution in [-0.4, -0.2) is 29.7 Å². The Morgan fingerprint density at radius 1 is 1.60 bits per heavy atom. The maximum Gasteiger partial charge on any atom is 0.223 e. The maximum atomic E-state index is 11.6. The SMILES string of the molecule is C=CCNC(=O)C1CCC(O)(CN)CC1. The molecular weight excluding hydrogens is 192 g/mol. The molecule has 0 spiro atoms. The standard InChI is InChI=1S/C11H20N2O2/c1-2-7-13-10(14)9-3-5-11(15,8-12)6-4-9/h2,9,15H,1,3-8,12H2,(H,13,14). The van der Waals surface area contributed by atoms with E-state index in [1.807, 2.05) is 0 Å². The molecule has 1 saturated carbocycles. The highest BCUT2D eigenvalue weighted by Crippen LogP contribution is 2.31. The molecule has 0 unspecified atom stereocenters. The van der Waals surface area contributed by atoms with Crippen LogP contribution in [-0.2, 0) is 4.79 Å². The molecule has 0 aliphatic heterocycles. The van der Waals surface area contributed by atoms with Crippen molar-refractivity contribution < 1.29 is 9.90 Å². The lowest BCUT2D eigenvalue weighted by Gasteiger charge is -2.34. The second-order valence-electron chi connectivity index (χ2n) is 4.24. The lowest BCUT2D eigenvalue weighted by Crippen LogP contribution is -2.44. The Bertz CT molecular complexity index is 233. The number of carbonyl (C=O) groups excluding carboxylic acids is 1. The minimum Gasteiger partial charge on any atom is -0.389 e. The quantitative estimate of drug-likeness (QED) is 0.581. The second kappa shape index (κ2) is 5.28. The van der Waals surface area contributed by atoms with Gasteiger partial charge in [0.05, 0.1) is 5.60 Å². The van der Waals surface area contributed by atoms with Crippen LogP contribution in [0.3, 0.4) is 0 Å². The third-order valence-electron chi connectivity index (χ3n) is 3.09. The number of aliphatic hydroxyl groups is 1. The predicted octanol–water partition coefficient (Wildman–Crippen LogP) is 0.169. The van der Waals surface area contributed by atoms with Gasteiger partial charge in [0.1, 0.15) is 0 Å². The van der Waals surface area contributed by atoms with Crippen LogP contribution in [0.25, 0.3) is 0 Å². The van der Waals surface area contributed by atoms with E-state index in [4.69, 9.17) is 5.73 Å². The summed E-state index contributed by atoms with van der Waals surface area (Å²) in [5.41, 5.74) is 4.73. The molecule has 4 heteroatoms. The number of nitrogens with two attached hydrogens (primary N) is 1. The van der Waals surface area contributed by atoms with Gasteiger partial charge in [-0.15, -0.1) is 6.58 Å². The van der Waals surface area contributed by atoms with Crippen LogP contribution < -0.4 is 11.1 Å². The summed E-state index contributed by atoms with van der Waals surface area (Å²) < 4.78 is 0. The molecule has 0 heterocycles. The third kappa shape index (κ3) is 3.32. The number of hydrogen-bond acceptors (Lipinski definition) is 3. The van der Waals surface area contributed by atoms with Crippen molar-refractivity contribution in [2.24, 2.45) is 11.7 Å². The Balaban J connectivity index is 2.36. The Hall–Kier alpha value is -0.870.